The molecule has 0 aliphatic heterocycles. The van der Waals surface area contributed by atoms with E-state index in [1.165, 1.54) is 0 Å². The topological polar surface area (TPSA) is 49.6 Å². The second-order valence-corrected chi connectivity index (χ2v) is 4.91. The number of hydrogen-bond acceptors (Lipinski definition) is 4. The second-order valence-electron chi connectivity index (χ2n) is 4.91. The van der Waals surface area contributed by atoms with Gasteiger partial charge >= 0.3 is 0 Å². The van der Waals surface area contributed by atoms with Crippen LogP contribution in [0.3, 0.4) is 0 Å². The Balaban J connectivity index is 2.14. The summed E-state index contributed by atoms with van der Waals surface area (Å²) in [5, 5.41) is 0. The summed E-state index contributed by atoms with van der Waals surface area (Å²) in [7, 11) is 5.58. The summed E-state index contributed by atoms with van der Waals surface area (Å²) in [5.74, 6) is 1.51. The lowest BCUT2D eigenvalue weighted by molar-refractivity contribution is 0.0726. The van der Waals surface area contributed by atoms with Crippen molar-refractivity contribution in [3.8, 4) is 0 Å². The third-order valence-corrected chi connectivity index (χ3v) is 3.31. The largest absolute Gasteiger partial charge is 0.467 e. The maximum Gasteiger partial charge on any atom is 0.255 e. The van der Waals surface area contributed by atoms with Gasteiger partial charge in [0.15, 0.2) is 0 Å². The van der Waals surface area contributed by atoms with Gasteiger partial charge in [-0.15, -0.1) is 0 Å². The molecule has 106 valence electrons. The van der Waals surface area contributed by atoms with E-state index >= 15 is 0 Å². The third-order valence-electron chi connectivity index (χ3n) is 3.31. The van der Waals surface area contributed by atoms with Crippen LogP contribution >= 0.6 is 0 Å². The molecule has 5 nitrogen and oxygen atoms in total. The average Bonchev–Trinajstić information content (AvgIpc) is 2.99. The van der Waals surface area contributed by atoms with Gasteiger partial charge in [-0.3, -0.25) is 4.79 Å². The van der Waals surface area contributed by atoms with Crippen LogP contribution in [-0.4, -0.2) is 36.9 Å². The molecule has 2 aromatic heterocycles. The van der Waals surface area contributed by atoms with E-state index in [0.717, 1.165) is 11.6 Å². The molecule has 0 N–H and O–H groups in total. The lowest BCUT2D eigenvalue weighted by atomic mass is 10.2. The van der Waals surface area contributed by atoms with E-state index in [4.69, 9.17) is 4.42 Å². The number of nitrogens with zero attached hydrogens (tertiary/aromatic N) is 3. The summed E-state index contributed by atoms with van der Waals surface area (Å²) in [6, 6.07) is 7.18. The van der Waals surface area contributed by atoms with E-state index in [1.807, 2.05) is 44.1 Å². The number of hydrogen-bond donors (Lipinski definition) is 0. The molecule has 0 aliphatic rings. The van der Waals surface area contributed by atoms with Gasteiger partial charge in [-0.2, -0.15) is 0 Å². The molecule has 0 aromatic carbocycles. The van der Waals surface area contributed by atoms with E-state index in [1.54, 1.807) is 30.5 Å². The number of aromatic nitrogens is 1. The van der Waals surface area contributed by atoms with Crippen molar-refractivity contribution in [3.05, 3.63) is 48.0 Å². The minimum absolute atomic E-state index is 0.0771. The van der Waals surface area contributed by atoms with Gasteiger partial charge < -0.3 is 14.2 Å². The van der Waals surface area contributed by atoms with Gasteiger partial charge in [0.05, 0.1) is 17.9 Å². The molecule has 0 saturated carbocycles. The first-order valence-electron chi connectivity index (χ1n) is 6.44. The molecule has 0 bridgehead atoms. The van der Waals surface area contributed by atoms with E-state index in [0.29, 0.717) is 5.56 Å². The van der Waals surface area contributed by atoms with Crippen LogP contribution in [0.5, 0.6) is 0 Å². The molecule has 0 fully saturated rings. The smallest absolute Gasteiger partial charge is 0.255 e. The normalized spacial score (nSPS) is 12.0. The van der Waals surface area contributed by atoms with Crippen molar-refractivity contribution in [1.29, 1.82) is 0 Å². The van der Waals surface area contributed by atoms with Crippen LogP contribution in [-0.2, 0) is 0 Å². The van der Waals surface area contributed by atoms with Gasteiger partial charge in [0, 0.05) is 27.3 Å². The molecular weight excluding hydrogens is 254 g/mol. The van der Waals surface area contributed by atoms with Crippen LogP contribution < -0.4 is 4.90 Å². The number of amides is 1. The number of pyridine rings is 1. The maximum absolute atomic E-state index is 12.4. The summed E-state index contributed by atoms with van der Waals surface area (Å²) < 4.78 is 5.34. The fourth-order valence-corrected chi connectivity index (χ4v) is 1.88. The van der Waals surface area contributed by atoms with Crippen LogP contribution in [0.25, 0.3) is 0 Å². The molecule has 5 heteroatoms. The molecular formula is C15H19N3O2. The van der Waals surface area contributed by atoms with E-state index in [9.17, 15) is 4.79 Å². The van der Waals surface area contributed by atoms with Gasteiger partial charge in [-0.1, -0.05) is 0 Å². The quantitative estimate of drug-likeness (QED) is 0.859. The fraction of sp³-hybridized carbons (Fsp3) is 0.333. The Hall–Kier alpha value is -2.30. The van der Waals surface area contributed by atoms with Crippen molar-refractivity contribution in [2.45, 2.75) is 13.0 Å². The molecule has 1 amide bonds. The monoisotopic (exact) mass is 273 g/mol. The molecule has 20 heavy (non-hydrogen) atoms. The third kappa shape index (κ3) is 2.82. The Labute approximate surface area is 118 Å². The highest BCUT2D eigenvalue weighted by atomic mass is 16.3. The molecule has 0 aliphatic carbocycles. The lowest BCUT2D eigenvalue weighted by Gasteiger charge is -2.23. The summed E-state index contributed by atoms with van der Waals surface area (Å²) in [6.07, 6.45) is 3.21. The molecule has 2 aromatic rings. The van der Waals surface area contributed by atoms with Crippen molar-refractivity contribution in [1.82, 2.24) is 9.88 Å². The lowest BCUT2D eigenvalue weighted by Crippen LogP contribution is -2.29. The minimum atomic E-state index is -0.119. The highest BCUT2D eigenvalue weighted by molar-refractivity contribution is 5.94. The predicted octanol–water partition coefficient (Wildman–Crippen LogP) is 2.57. The predicted molar refractivity (Wildman–Crippen MR) is 77.8 cm³/mol. The number of anilines is 1. The van der Waals surface area contributed by atoms with Gasteiger partial charge in [0.1, 0.15) is 11.6 Å². The molecule has 1 atom stereocenters. The van der Waals surface area contributed by atoms with E-state index in [2.05, 4.69) is 4.98 Å². The van der Waals surface area contributed by atoms with Crippen LogP contribution in [0.1, 0.15) is 29.1 Å². The summed E-state index contributed by atoms with van der Waals surface area (Å²) in [6.45, 7) is 1.93. The number of carbonyl (C=O) groups is 1. The Morgan fingerprint density at radius 3 is 2.50 bits per heavy atom. The molecule has 2 rings (SSSR count). The zero-order chi connectivity index (χ0) is 14.7. The highest BCUT2D eigenvalue weighted by Gasteiger charge is 2.20. The minimum Gasteiger partial charge on any atom is -0.467 e. The zero-order valence-electron chi connectivity index (χ0n) is 12.2. The zero-order valence-corrected chi connectivity index (χ0v) is 12.2. The van der Waals surface area contributed by atoms with Crippen molar-refractivity contribution >= 4 is 11.7 Å². The Kier molecular flexibility index (Phi) is 4.08. The number of furan rings is 1. The summed E-state index contributed by atoms with van der Waals surface area (Å²) in [4.78, 5) is 20.2. The Morgan fingerprint density at radius 1 is 1.25 bits per heavy atom. The average molecular weight is 273 g/mol. The van der Waals surface area contributed by atoms with Crippen LogP contribution in [0, 0.1) is 0 Å². The van der Waals surface area contributed by atoms with Crippen LogP contribution in [0.15, 0.2) is 41.1 Å². The number of rotatable bonds is 4. The summed E-state index contributed by atoms with van der Waals surface area (Å²) in [5.41, 5.74) is 0.566. The van der Waals surface area contributed by atoms with Gasteiger partial charge in [-0.25, -0.2) is 4.98 Å². The molecule has 0 saturated heterocycles. The van der Waals surface area contributed by atoms with Gasteiger partial charge in [0.25, 0.3) is 5.91 Å². The molecule has 2 heterocycles. The first kappa shape index (κ1) is 14.1. The maximum atomic E-state index is 12.4. The highest BCUT2D eigenvalue weighted by Crippen LogP contribution is 2.21. The van der Waals surface area contributed by atoms with Crippen molar-refractivity contribution in [3.63, 3.8) is 0 Å². The Bertz CT molecular complexity index is 561. The first-order valence-corrected chi connectivity index (χ1v) is 6.44. The van der Waals surface area contributed by atoms with Crippen molar-refractivity contribution < 1.29 is 9.21 Å². The van der Waals surface area contributed by atoms with E-state index in [-0.39, 0.29) is 11.9 Å². The van der Waals surface area contributed by atoms with Crippen molar-refractivity contribution in [2.24, 2.45) is 0 Å². The summed E-state index contributed by atoms with van der Waals surface area (Å²) >= 11 is 0. The van der Waals surface area contributed by atoms with E-state index < -0.39 is 0 Å². The first-order chi connectivity index (χ1) is 9.50. The second kappa shape index (κ2) is 5.77. The van der Waals surface area contributed by atoms with Crippen LogP contribution in [0.2, 0.25) is 0 Å². The standard InChI is InChI=1S/C15H19N3O2/c1-11(13-6-5-9-20-13)18(4)15(19)12-7-8-14(16-10-12)17(2)3/h5-11H,1-4H3. The Morgan fingerprint density at radius 2 is 2.00 bits per heavy atom. The molecule has 1 unspecified atom stereocenters. The van der Waals surface area contributed by atoms with Crippen LogP contribution in [0.4, 0.5) is 5.82 Å². The van der Waals surface area contributed by atoms with Gasteiger partial charge in [-0.05, 0) is 31.2 Å². The molecule has 0 spiro atoms. The number of carbonyl (C=O) groups excluding carboxylic acids is 1. The van der Waals surface area contributed by atoms with Gasteiger partial charge in [0.2, 0.25) is 0 Å². The van der Waals surface area contributed by atoms with Crippen molar-refractivity contribution in [2.75, 3.05) is 26.0 Å². The SMILES string of the molecule is CC(c1ccco1)N(C)C(=O)c1ccc(N(C)C)nc1. The fourth-order valence-electron chi connectivity index (χ4n) is 1.88. The molecule has 0 radical (unpaired) electrons.